The van der Waals surface area contributed by atoms with Crippen molar-refractivity contribution in [3.8, 4) is 5.75 Å². The lowest BCUT2D eigenvalue weighted by molar-refractivity contribution is -0.115. The maximum Gasteiger partial charge on any atom is 0.240 e. The number of carbonyl (C=O) groups excluding carboxylic acids is 1. The molecule has 1 aromatic heterocycles. The van der Waals surface area contributed by atoms with Gasteiger partial charge in [-0.3, -0.25) is 9.69 Å². The Balaban J connectivity index is 1.20. The number of benzene rings is 2. The van der Waals surface area contributed by atoms with Crippen LogP contribution in [0.15, 0.2) is 59.1 Å². The molecule has 1 amide bonds. The number of carbonyl (C=O) groups is 1. The maximum absolute atomic E-state index is 12.3. The summed E-state index contributed by atoms with van der Waals surface area (Å²) in [6, 6.07) is 17.9. The number of hydrogen-bond donors (Lipinski definition) is 1. The van der Waals surface area contributed by atoms with E-state index in [-0.39, 0.29) is 12.3 Å². The van der Waals surface area contributed by atoms with E-state index >= 15 is 0 Å². The number of anilines is 1. The molecular weight excluding hydrogens is 406 g/mol. The van der Waals surface area contributed by atoms with Gasteiger partial charge in [0.1, 0.15) is 5.75 Å². The normalized spacial score (nSPS) is 14.9. The molecule has 1 saturated heterocycles. The molecule has 0 spiro atoms. The molecule has 1 fully saturated rings. The average molecular weight is 436 g/mol. The lowest BCUT2D eigenvalue weighted by Gasteiger charge is -2.33. The summed E-state index contributed by atoms with van der Waals surface area (Å²) in [6.45, 7) is 5.64. The highest BCUT2D eigenvalue weighted by atomic mass is 16.5. The van der Waals surface area contributed by atoms with Gasteiger partial charge in [0.25, 0.3) is 0 Å². The number of amides is 1. The molecule has 0 unspecified atom stereocenters. The Bertz CT molecular complexity index is 1000. The number of hydrogen-bond acceptors (Lipinski definition) is 7. The topological polar surface area (TPSA) is 83.7 Å². The van der Waals surface area contributed by atoms with Crippen LogP contribution >= 0.6 is 0 Å². The van der Waals surface area contributed by atoms with Crippen LogP contribution in [0.3, 0.4) is 0 Å². The largest absolute Gasteiger partial charge is 0.495 e. The molecule has 8 heteroatoms. The summed E-state index contributed by atoms with van der Waals surface area (Å²) in [4.78, 5) is 21.5. The summed E-state index contributed by atoms with van der Waals surface area (Å²) in [5.74, 6) is 1.32. The van der Waals surface area contributed by atoms with E-state index in [9.17, 15) is 4.79 Å². The first-order chi connectivity index (χ1) is 15.7. The average Bonchev–Trinajstić information content (AvgIpc) is 3.26. The van der Waals surface area contributed by atoms with E-state index < -0.39 is 0 Å². The van der Waals surface area contributed by atoms with E-state index in [4.69, 9.17) is 9.26 Å². The van der Waals surface area contributed by atoms with Gasteiger partial charge < -0.3 is 19.5 Å². The molecular formula is C24H29N5O3. The van der Waals surface area contributed by atoms with Crippen molar-refractivity contribution in [2.45, 2.75) is 19.4 Å². The number of aromatic nitrogens is 2. The standard InChI is InChI=1S/C24H29N5O3/c1-31-21-10-6-5-9-20(21)25-23(30)17-22-26-24(32-27-22)18-29-15-13-28(14-16-29)12-11-19-7-3-2-4-8-19/h2-10H,11-18H2,1H3,(H,25,30). The van der Waals surface area contributed by atoms with Crippen LogP contribution in [-0.2, 0) is 24.2 Å². The van der Waals surface area contributed by atoms with Crippen molar-refractivity contribution in [3.63, 3.8) is 0 Å². The summed E-state index contributed by atoms with van der Waals surface area (Å²) in [5, 5.41) is 6.80. The molecule has 1 N–H and O–H groups in total. The molecule has 2 aromatic carbocycles. The first-order valence-corrected chi connectivity index (χ1v) is 10.9. The second-order valence-electron chi connectivity index (χ2n) is 7.88. The smallest absolute Gasteiger partial charge is 0.240 e. The zero-order valence-electron chi connectivity index (χ0n) is 18.4. The van der Waals surface area contributed by atoms with Gasteiger partial charge in [0.2, 0.25) is 11.8 Å². The monoisotopic (exact) mass is 435 g/mol. The van der Waals surface area contributed by atoms with Crippen molar-refractivity contribution < 1.29 is 14.1 Å². The number of rotatable bonds is 9. The van der Waals surface area contributed by atoms with E-state index in [0.717, 1.165) is 39.1 Å². The molecule has 0 saturated carbocycles. The van der Waals surface area contributed by atoms with Crippen molar-refractivity contribution in [2.75, 3.05) is 45.2 Å². The van der Waals surface area contributed by atoms with E-state index in [1.165, 1.54) is 5.56 Å². The Morgan fingerprint density at radius 1 is 1.03 bits per heavy atom. The fourth-order valence-corrected chi connectivity index (χ4v) is 3.81. The summed E-state index contributed by atoms with van der Waals surface area (Å²) in [6.07, 6.45) is 1.12. The summed E-state index contributed by atoms with van der Waals surface area (Å²) in [7, 11) is 1.57. The minimum Gasteiger partial charge on any atom is -0.495 e. The molecule has 0 atom stereocenters. The second-order valence-corrected chi connectivity index (χ2v) is 7.88. The third kappa shape index (κ3) is 6.15. The Morgan fingerprint density at radius 2 is 1.75 bits per heavy atom. The fraction of sp³-hybridized carbons (Fsp3) is 0.375. The number of piperazine rings is 1. The van der Waals surface area contributed by atoms with Crippen LogP contribution in [0.1, 0.15) is 17.3 Å². The Morgan fingerprint density at radius 3 is 2.53 bits per heavy atom. The van der Waals surface area contributed by atoms with Gasteiger partial charge in [0.05, 0.1) is 25.8 Å². The van der Waals surface area contributed by atoms with Gasteiger partial charge in [-0.2, -0.15) is 4.98 Å². The summed E-state index contributed by atoms with van der Waals surface area (Å²) < 4.78 is 10.6. The third-order valence-electron chi connectivity index (χ3n) is 5.59. The maximum atomic E-state index is 12.3. The van der Waals surface area contributed by atoms with Crippen LogP contribution in [0.2, 0.25) is 0 Å². The molecule has 2 heterocycles. The molecule has 168 valence electrons. The highest BCUT2D eigenvalue weighted by Crippen LogP contribution is 2.23. The lowest BCUT2D eigenvalue weighted by Crippen LogP contribution is -2.46. The van der Waals surface area contributed by atoms with Gasteiger partial charge in [0.15, 0.2) is 5.82 Å². The second kappa shape index (κ2) is 10.9. The number of nitrogens with one attached hydrogen (secondary N) is 1. The Kier molecular flexibility index (Phi) is 7.47. The van der Waals surface area contributed by atoms with Crippen LogP contribution in [-0.4, -0.2) is 65.7 Å². The number of ether oxygens (including phenoxy) is 1. The van der Waals surface area contributed by atoms with E-state index in [1.54, 1.807) is 19.2 Å². The first kappa shape index (κ1) is 22.0. The number of para-hydroxylation sites is 2. The van der Waals surface area contributed by atoms with Crippen molar-refractivity contribution in [1.29, 1.82) is 0 Å². The predicted octanol–water partition coefficient (Wildman–Crippen LogP) is 2.62. The van der Waals surface area contributed by atoms with Gasteiger partial charge in [-0.05, 0) is 24.1 Å². The molecule has 1 aliphatic rings. The predicted molar refractivity (Wildman–Crippen MR) is 121 cm³/mol. The Hall–Kier alpha value is -3.23. The molecule has 4 rings (SSSR count). The van der Waals surface area contributed by atoms with Crippen molar-refractivity contribution >= 4 is 11.6 Å². The van der Waals surface area contributed by atoms with Crippen molar-refractivity contribution in [1.82, 2.24) is 19.9 Å². The van der Waals surface area contributed by atoms with E-state index in [2.05, 4.69) is 55.6 Å². The van der Waals surface area contributed by atoms with Crippen LogP contribution in [0.5, 0.6) is 5.75 Å². The van der Waals surface area contributed by atoms with Crippen molar-refractivity contribution in [2.24, 2.45) is 0 Å². The quantitative estimate of drug-likeness (QED) is 0.553. The molecule has 32 heavy (non-hydrogen) atoms. The van der Waals surface area contributed by atoms with E-state index in [1.807, 2.05) is 12.1 Å². The van der Waals surface area contributed by atoms with E-state index in [0.29, 0.717) is 29.7 Å². The fourth-order valence-electron chi connectivity index (χ4n) is 3.81. The van der Waals surface area contributed by atoms with Crippen LogP contribution in [0.25, 0.3) is 0 Å². The summed E-state index contributed by atoms with van der Waals surface area (Å²) >= 11 is 0. The highest BCUT2D eigenvalue weighted by Gasteiger charge is 2.20. The van der Waals surface area contributed by atoms with Gasteiger partial charge >= 0.3 is 0 Å². The molecule has 0 bridgehead atoms. The molecule has 0 aliphatic carbocycles. The Labute approximate surface area is 188 Å². The molecule has 8 nitrogen and oxygen atoms in total. The van der Waals surface area contributed by atoms with Gasteiger partial charge in [-0.1, -0.05) is 47.6 Å². The zero-order valence-corrected chi connectivity index (χ0v) is 18.4. The van der Waals surface area contributed by atoms with Gasteiger partial charge in [-0.15, -0.1) is 0 Å². The molecule has 0 radical (unpaired) electrons. The van der Waals surface area contributed by atoms with Crippen molar-refractivity contribution in [3.05, 3.63) is 71.9 Å². The number of nitrogens with zero attached hydrogens (tertiary/aromatic N) is 4. The van der Waals surface area contributed by atoms with Crippen LogP contribution < -0.4 is 10.1 Å². The molecule has 1 aliphatic heterocycles. The minimum atomic E-state index is -0.214. The highest BCUT2D eigenvalue weighted by molar-refractivity contribution is 5.93. The third-order valence-corrected chi connectivity index (χ3v) is 5.59. The SMILES string of the molecule is COc1ccccc1NC(=O)Cc1noc(CN2CCN(CCc3ccccc3)CC2)n1. The first-order valence-electron chi connectivity index (χ1n) is 10.9. The van der Waals surface area contributed by atoms with Crippen LogP contribution in [0, 0.1) is 0 Å². The molecule has 3 aromatic rings. The lowest BCUT2D eigenvalue weighted by atomic mass is 10.1. The number of methoxy groups -OCH3 is 1. The van der Waals surface area contributed by atoms with Gasteiger partial charge in [0, 0.05) is 32.7 Å². The van der Waals surface area contributed by atoms with Crippen LogP contribution in [0.4, 0.5) is 5.69 Å². The zero-order chi connectivity index (χ0) is 22.2. The van der Waals surface area contributed by atoms with Gasteiger partial charge in [-0.25, -0.2) is 0 Å². The summed E-state index contributed by atoms with van der Waals surface area (Å²) in [5.41, 5.74) is 2.00. The minimum absolute atomic E-state index is 0.0504.